The van der Waals surface area contributed by atoms with Gasteiger partial charge in [0.1, 0.15) is 11.9 Å². The van der Waals surface area contributed by atoms with E-state index >= 15 is 0 Å². The van der Waals surface area contributed by atoms with E-state index in [9.17, 15) is 14.0 Å². The number of rotatable bonds is 4. The Morgan fingerprint density at radius 1 is 1.50 bits per heavy atom. The molecule has 0 saturated carbocycles. The Bertz CT molecular complexity index is 431. The molecule has 0 spiro atoms. The molecule has 0 fully saturated rings. The summed E-state index contributed by atoms with van der Waals surface area (Å²) in [5.41, 5.74) is 5.73. The number of benzene rings is 1. The fraction of sp³-hybridized carbons (Fsp3) is 0.273. The van der Waals surface area contributed by atoms with Crippen LogP contribution in [0.4, 0.5) is 4.39 Å². The fourth-order valence-corrected chi connectivity index (χ4v) is 1.26. The summed E-state index contributed by atoms with van der Waals surface area (Å²) in [6.07, 6.45) is -0.0979. The Kier molecular flexibility index (Phi) is 3.73. The Morgan fingerprint density at radius 2 is 2.12 bits per heavy atom. The first-order valence-electron chi connectivity index (χ1n) is 4.69. The minimum absolute atomic E-state index is 0.0979. The summed E-state index contributed by atoms with van der Waals surface area (Å²) < 4.78 is 13.4. The SMILES string of the molecule is CC(=O)c1ccc(C[C@H](N)C(=O)O)c(F)c1. The van der Waals surface area contributed by atoms with Gasteiger partial charge in [0, 0.05) is 12.0 Å². The summed E-state index contributed by atoms with van der Waals surface area (Å²) in [7, 11) is 0. The van der Waals surface area contributed by atoms with Crippen LogP contribution >= 0.6 is 0 Å². The van der Waals surface area contributed by atoms with E-state index < -0.39 is 17.8 Å². The largest absolute Gasteiger partial charge is 0.480 e. The van der Waals surface area contributed by atoms with Gasteiger partial charge in [0.25, 0.3) is 0 Å². The van der Waals surface area contributed by atoms with E-state index in [1.807, 2.05) is 0 Å². The van der Waals surface area contributed by atoms with E-state index in [4.69, 9.17) is 10.8 Å². The fourth-order valence-electron chi connectivity index (χ4n) is 1.26. The molecular weight excluding hydrogens is 213 g/mol. The van der Waals surface area contributed by atoms with Gasteiger partial charge >= 0.3 is 5.97 Å². The quantitative estimate of drug-likeness (QED) is 0.748. The molecule has 5 heteroatoms. The first-order chi connectivity index (χ1) is 7.41. The van der Waals surface area contributed by atoms with Crippen molar-refractivity contribution in [3.63, 3.8) is 0 Å². The first-order valence-corrected chi connectivity index (χ1v) is 4.69. The van der Waals surface area contributed by atoms with Gasteiger partial charge < -0.3 is 10.8 Å². The monoisotopic (exact) mass is 225 g/mol. The van der Waals surface area contributed by atoms with Crippen LogP contribution in [0.3, 0.4) is 0 Å². The number of aliphatic carboxylic acids is 1. The standard InChI is InChI=1S/C11H12FNO3/c1-6(14)7-2-3-8(9(12)4-7)5-10(13)11(15)16/h2-4,10H,5,13H2,1H3,(H,15,16)/t10-/m0/s1. The van der Waals surface area contributed by atoms with Crippen molar-refractivity contribution in [2.45, 2.75) is 19.4 Å². The van der Waals surface area contributed by atoms with Crippen molar-refractivity contribution < 1.29 is 19.1 Å². The Morgan fingerprint density at radius 3 is 2.56 bits per heavy atom. The first kappa shape index (κ1) is 12.3. The van der Waals surface area contributed by atoms with Gasteiger partial charge in [-0.15, -0.1) is 0 Å². The Balaban J connectivity index is 2.91. The highest BCUT2D eigenvalue weighted by atomic mass is 19.1. The molecule has 1 atom stereocenters. The summed E-state index contributed by atoms with van der Waals surface area (Å²) in [5, 5.41) is 8.58. The van der Waals surface area contributed by atoms with Crippen LogP contribution in [0.1, 0.15) is 22.8 Å². The molecule has 0 bridgehead atoms. The average molecular weight is 225 g/mol. The van der Waals surface area contributed by atoms with Gasteiger partial charge in [-0.3, -0.25) is 9.59 Å². The molecule has 1 rings (SSSR count). The highest BCUT2D eigenvalue weighted by Crippen LogP contribution is 2.12. The normalized spacial score (nSPS) is 12.2. The zero-order chi connectivity index (χ0) is 12.3. The molecule has 16 heavy (non-hydrogen) atoms. The van der Waals surface area contributed by atoms with Gasteiger partial charge in [-0.25, -0.2) is 4.39 Å². The summed E-state index contributed by atoms with van der Waals surface area (Å²) in [5.74, 6) is -2.03. The summed E-state index contributed by atoms with van der Waals surface area (Å²) in [6, 6.07) is 2.79. The van der Waals surface area contributed by atoms with Gasteiger partial charge in [0.05, 0.1) is 0 Å². The molecule has 1 aromatic carbocycles. The molecule has 0 heterocycles. The van der Waals surface area contributed by atoms with Crippen LogP contribution in [0.5, 0.6) is 0 Å². The molecule has 0 aliphatic heterocycles. The van der Waals surface area contributed by atoms with Crippen molar-refractivity contribution in [1.29, 1.82) is 0 Å². The lowest BCUT2D eigenvalue weighted by Gasteiger charge is -2.08. The molecule has 0 aliphatic carbocycles. The second kappa shape index (κ2) is 4.85. The van der Waals surface area contributed by atoms with E-state index in [1.54, 1.807) is 0 Å². The third-order valence-electron chi connectivity index (χ3n) is 2.22. The van der Waals surface area contributed by atoms with Crippen molar-refractivity contribution in [1.82, 2.24) is 0 Å². The van der Waals surface area contributed by atoms with Crippen LogP contribution in [0.15, 0.2) is 18.2 Å². The van der Waals surface area contributed by atoms with Crippen molar-refractivity contribution in [3.05, 3.63) is 35.1 Å². The van der Waals surface area contributed by atoms with Gasteiger partial charge in [-0.1, -0.05) is 12.1 Å². The number of hydrogen-bond donors (Lipinski definition) is 2. The van der Waals surface area contributed by atoms with Crippen LogP contribution in [0, 0.1) is 5.82 Å². The van der Waals surface area contributed by atoms with Gasteiger partial charge in [-0.2, -0.15) is 0 Å². The maximum Gasteiger partial charge on any atom is 0.320 e. The van der Waals surface area contributed by atoms with E-state index in [0.717, 1.165) is 6.07 Å². The Hall–Kier alpha value is -1.75. The number of carbonyl (C=O) groups excluding carboxylic acids is 1. The minimum atomic E-state index is -1.19. The predicted molar refractivity (Wildman–Crippen MR) is 55.7 cm³/mol. The van der Waals surface area contributed by atoms with Crippen LogP contribution < -0.4 is 5.73 Å². The maximum absolute atomic E-state index is 13.4. The molecule has 0 aliphatic rings. The minimum Gasteiger partial charge on any atom is -0.480 e. The van der Waals surface area contributed by atoms with Gasteiger partial charge in [0.2, 0.25) is 0 Å². The lowest BCUT2D eigenvalue weighted by molar-refractivity contribution is -0.138. The molecule has 0 saturated heterocycles. The summed E-state index contributed by atoms with van der Waals surface area (Å²) in [4.78, 5) is 21.4. The lowest BCUT2D eigenvalue weighted by atomic mass is 10.0. The number of nitrogens with two attached hydrogens (primary N) is 1. The molecule has 4 nitrogen and oxygen atoms in total. The molecule has 1 aromatic rings. The number of carbonyl (C=O) groups is 2. The Labute approximate surface area is 91.9 Å². The summed E-state index contributed by atoms with van der Waals surface area (Å²) in [6.45, 7) is 1.33. The van der Waals surface area contributed by atoms with Crippen LogP contribution in [-0.4, -0.2) is 22.9 Å². The second-order valence-corrected chi connectivity index (χ2v) is 3.51. The van der Waals surface area contributed by atoms with Crippen molar-refractivity contribution in [2.75, 3.05) is 0 Å². The number of carboxylic acids is 1. The molecule has 0 radical (unpaired) electrons. The predicted octanol–water partition coefficient (Wildman–Crippen LogP) is 0.983. The summed E-state index contributed by atoms with van der Waals surface area (Å²) >= 11 is 0. The zero-order valence-electron chi connectivity index (χ0n) is 8.74. The van der Waals surface area contributed by atoms with Crippen molar-refractivity contribution in [2.24, 2.45) is 5.73 Å². The molecular formula is C11H12FNO3. The molecule has 3 N–H and O–H groups in total. The van der Waals surface area contributed by atoms with Crippen molar-refractivity contribution >= 4 is 11.8 Å². The molecule has 0 amide bonds. The van der Waals surface area contributed by atoms with E-state index in [2.05, 4.69) is 0 Å². The van der Waals surface area contributed by atoms with Gasteiger partial charge in [0.15, 0.2) is 5.78 Å². The van der Waals surface area contributed by atoms with Gasteiger partial charge in [-0.05, 0) is 18.6 Å². The van der Waals surface area contributed by atoms with Crippen LogP contribution in [0.25, 0.3) is 0 Å². The molecule has 0 unspecified atom stereocenters. The second-order valence-electron chi connectivity index (χ2n) is 3.51. The number of hydrogen-bond acceptors (Lipinski definition) is 3. The van der Waals surface area contributed by atoms with E-state index in [-0.39, 0.29) is 23.3 Å². The van der Waals surface area contributed by atoms with Crippen LogP contribution in [-0.2, 0) is 11.2 Å². The zero-order valence-corrected chi connectivity index (χ0v) is 8.74. The molecule has 86 valence electrons. The highest BCUT2D eigenvalue weighted by molar-refractivity contribution is 5.94. The number of Topliss-reactive ketones (excluding diaryl/α,β-unsaturated/α-hetero) is 1. The van der Waals surface area contributed by atoms with Crippen molar-refractivity contribution in [3.8, 4) is 0 Å². The highest BCUT2D eigenvalue weighted by Gasteiger charge is 2.15. The number of carboxylic acid groups (broad SMARTS) is 1. The van der Waals surface area contributed by atoms with Crippen LogP contribution in [0.2, 0.25) is 0 Å². The number of halogens is 1. The van der Waals surface area contributed by atoms with E-state index in [1.165, 1.54) is 19.1 Å². The third-order valence-corrected chi connectivity index (χ3v) is 2.22. The third kappa shape index (κ3) is 2.87. The topological polar surface area (TPSA) is 80.4 Å². The lowest BCUT2D eigenvalue weighted by Crippen LogP contribution is -2.32. The maximum atomic E-state index is 13.4. The smallest absolute Gasteiger partial charge is 0.320 e. The van der Waals surface area contributed by atoms with E-state index in [0.29, 0.717) is 0 Å². The average Bonchev–Trinajstić information content (AvgIpc) is 2.20. The molecule has 0 aromatic heterocycles. The number of ketones is 1.